The largest absolute Gasteiger partial charge is 0.390 e. The van der Waals surface area contributed by atoms with Crippen LogP contribution in [0.1, 0.15) is 33.1 Å². The zero-order valence-corrected chi connectivity index (χ0v) is 19.6. The van der Waals surface area contributed by atoms with Crippen LogP contribution in [0.3, 0.4) is 0 Å². The molecule has 4 rings (SSSR count). The average molecular weight is 493 g/mol. The molecule has 0 saturated carbocycles. The number of nitro groups is 1. The number of piperazine rings is 1. The van der Waals surface area contributed by atoms with Gasteiger partial charge in [0.1, 0.15) is 5.76 Å². The summed E-state index contributed by atoms with van der Waals surface area (Å²) < 4.78 is 6.76. The molecular formula is C21H22Cl2N6O4. The van der Waals surface area contributed by atoms with E-state index >= 15 is 0 Å². The van der Waals surface area contributed by atoms with E-state index in [1.807, 2.05) is 18.2 Å². The first-order valence-corrected chi connectivity index (χ1v) is 11.1. The minimum Gasteiger partial charge on any atom is -0.361 e. The molecule has 0 unspecified atom stereocenters. The lowest BCUT2D eigenvalue weighted by molar-refractivity contribution is -0.389. The van der Waals surface area contributed by atoms with Crippen molar-refractivity contribution in [2.45, 2.75) is 26.9 Å². The standard InChI is InChI=1S/C21H22Cl2N6O4/c1-13-10-19(29(31)32)24-28(13)12-15-14(2)33-25-20(15)21(30)27-8-6-26(7-9-27)11-16-17(22)4-3-5-18(16)23/h3-5,10H,6-9,11-12H2,1-2H3. The van der Waals surface area contributed by atoms with Crippen LogP contribution in [0.5, 0.6) is 0 Å². The van der Waals surface area contributed by atoms with Crippen LogP contribution >= 0.6 is 23.2 Å². The van der Waals surface area contributed by atoms with Crippen molar-refractivity contribution >= 4 is 34.9 Å². The SMILES string of the molecule is Cc1onc(C(=O)N2CCN(Cc3c(Cl)cccc3Cl)CC2)c1Cn1nc([N+](=O)[O-])cc1C. The Morgan fingerprint density at radius 1 is 1.12 bits per heavy atom. The molecule has 174 valence electrons. The molecule has 0 bridgehead atoms. The van der Waals surface area contributed by atoms with Gasteiger partial charge < -0.3 is 19.5 Å². The van der Waals surface area contributed by atoms with Gasteiger partial charge in [0.05, 0.1) is 29.0 Å². The molecule has 1 fully saturated rings. The summed E-state index contributed by atoms with van der Waals surface area (Å²) in [5.74, 6) is -0.0105. The summed E-state index contributed by atoms with van der Waals surface area (Å²) in [6, 6.07) is 6.82. The quantitative estimate of drug-likeness (QED) is 0.380. The van der Waals surface area contributed by atoms with E-state index < -0.39 is 4.92 Å². The number of hydrogen-bond acceptors (Lipinski definition) is 7. The van der Waals surface area contributed by atoms with Crippen LogP contribution in [0.4, 0.5) is 5.82 Å². The molecule has 1 aliphatic rings. The third-order valence-corrected chi connectivity index (χ3v) is 6.46. The molecule has 33 heavy (non-hydrogen) atoms. The molecule has 0 spiro atoms. The van der Waals surface area contributed by atoms with Gasteiger partial charge in [-0.3, -0.25) is 9.69 Å². The minimum atomic E-state index is -0.550. The molecule has 0 aliphatic carbocycles. The Labute approximate surface area is 199 Å². The van der Waals surface area contributed by atoms with E-state index in [0.717, 1.165) is 5.56 Å². The number of carbonyl (C=O) groups excluding carboxylic acids is 1. The van der Waals surface area contributed by atoms with Gasteiger partial charge in [0.15, 0.2) is 5.69 Å². The molecule has 0 radical (unpaired) electrons. The molecule has 1 saturated heterocycles. The van der Waals surface area contributed by atoms with E-state index in [9.17, 15) is 14.9 Å². The molecule has 0 atom stereocenters. The topological polar surface area (TPSA) is 111 Å². The van der Waals surface area contributed by atoms with Crippen LogP contribution in [0.2, 0.25) is 10.0 Å². The van der Waals surface area contributed by atoms with Crippen molar-refractivity contribution in [3.63, 3.8) is 0 Å². The van der Waals surface area contributed by atoms with E-state index in [-0.39, 0.29) is 24.0 Å². The van der Waals surface area contributed by atoms with Gasteiger partial charge in [-0.2, -0.15) is 4.68 Å². The highest BCUT2D eigenvalue weighted by Gasteiger charge is 2.29. The summed E-state index contributed by atoms with van der Waals surface area (Å²) in [6.07, 6.45) is 0. The number of halogens is 2. The lowest BCUT2D eigenvalue weighted by Gasteiger charge is -2.34. The van der Waals surface area contributed by atoms with Gasteiger partial charge >= 0.3 is 5.82 Å². The van der Waals surface area contributed by atoms with Crippen LogP contribution in [-0.4, -0.2) is 61.7 Å². The number of carbonyl (C=O) groups is 1. The summed E-state index contributed by atoms with van der Waals surface area (Å²) >= 11 is 12.6. The first-order valence-electron chi connectivity index (χ1n) is 10.3. The number of aryl methyl sites for hydroxylation is 2. The number of benzene rings is 1. The highest BCUT2D eigenvalue weighted by atomic mass is 35.5. The molecule has 3 heterocycles. The predicted molar refractivity (Wildman–Crippen MR) is 122 cm³/mol. The number of rotatable bonds is 6. The van der Waals surface area contributed by atoms with Crippen molar-refractivity contribution < 1.29 is 14.2 Å². The lowest BCUT2D eigenvalue weighted by Crippen LogP contribution is -2.48. The summed E-state index contributed by atoms with van der Waals surface area (Å²) in [7, 11) is 0. The Morgan fingerprint density at radius 3 is 2.39 bits per heavy atom. The fourth-order valence-electron chi connectivity index (χ4n) is 3.80. The zero-order chi connectivity index (χ0) is 23.7. The fourth-order valence-corrected chi connectivity index (χ4v) is 4.32. The van der Waals surface area contributed by atoms with Crippen molar-refractivity contribution in [1.82, 2.24) is 24.7 Å². The third-order valence-electron chi connectivity index (χ3n) is 5.75. The Morgan fingerprint density at radius 2 is 1.79 bits per heavy atom. The summed E-state index contributed by atoms with van der Waals surface area (Å²) in [6.45, 7) is 6.52. The second kappa shape index (κ2) is 9.50. The maximum atomic E-state index is 13.2. The molecule has 0 N–H and O–H groups in total. The highest BCUT2D eigenvalue weighted by molar-refractivity contribution is 6.35. The van der Waals surface area contributed by atoms with Crippen LogP contribution in [0.25, 0.3) is 0 Å². The minimum absolute atomic E-state index is 0.154. The van der Waals surface area contributed by atoms with Gasteiger partial charge in [0.25, 0.3) is 5.91 Å². The van der Waals surface area contributed by atoms with E-state index in [0.29, 0.717) is 59.8 Å². The Hall–Kier alpha value is -2.95. The molecule has 1 aliphatic heterocycles. The van der Waals surface area contributed by atoms with Crippen LogP contribution in [0.15, 0.2) is 28.8 Å². The van der Waals surface area contributed by atoms with E-state index in [4.69, 9.17) is 27.7 Å². The number of aromatic nitrogens is 3. The second-order valence-electron chi connectivity index (χ2n) is 7.89. The van der Waals surface area contributed by atoms with Gasteiger partial charge in [-0.15, -0.1) is 0 Å². The summed E-state index contributed by atoms with van der Waals surface area (Å²) in [5.41, 5.74) is 2.24. The van der Waals surface area contributed by atoms with Crippen molar-refractivity contribution in [3.8, 4) is 0 Å². The first kappa shape index (κ1) is 23.2. The van der Waals surface area contributed by atoms with Gasteiger partial charge in [-0.25, -0.2) is 0 Å². The lowest BCUT2D eigenvalue weighted by atomic mass is 10.1. The van der Waals surface area contributed by atoms with Gasteiger partial charge in [0, 0.05) is 48.3 Å². The molecule has 3 aromatic rings. The van der Waals surface area contributed by atoms with Crippen LogP contribution in [-0.2, 0) is 13.1 Å². The molecule has 1 amide bonds. The first-order chi connectivity index (χ1) is 15.7. The number of nitrogens with zero attached hydrogens (tertiary/aromatic N) is 6. The normalized spacial score (nSPS) is 14.6. The average Bonchev–Trinajstić information content (AvgIpc) is 3.34. The van der Waals surface area contributed by atoms with E-state index in [2.05, 4.69) is 15.2 Å². The van der Waals surface area contributed by atoms with Crippen molar-refractivity contribution in [2.75, 3.05) is 26.2 Å². The fraction of sp³-hybridized carbons (Fsp3) is 0.381. The second-order valence-corrected chi connectivity index (χ2v) is 8.71. The monoisotopic (exact) mass is 492 g/mol. The Bertz CT molecular complexity index is 1180. The van der Waals surface area contributed by atoms with E-state index in [1.54, 1.807) is 18.7 Å². The van der Waals surface area contributed by atoms with Gasteiger partial charge in [-0.1, -0.05) is 34.4 Å². The smallest absolute Gasteiger partial charge is 0.361 e. The third kappa shape index (κ3) is 4.87. The molecule has 10 nitrogen and oxygen atoms in total. The Kier molecular flexibility index (Phi) is 6.68. The zero-order valence-electron chi connectivity index (χ0n) is 18.1. The maximum Gasteiger partial charge on any atom is 0.390 e. The molecule has 2 aromatic heterocycles. The maximum absolute atomic E-state index is 13.2. The van der Waals surface area contributed by atoms with Crippen molar-refractivity contribution in [2.24, 2.45) is 0 Å². The molecular weight excluding hydrogens is 471 g/mol. The van der Waals surface area contributed by atoms with Crippen molar-refractivity contribution in [1.29, 1.82) is 0 Å². The summed E-state index contributed by atoms with van der Waals surface area (Å²) in [4.78, 5) is 27.6. The van der Waals surface area contributed by atoms with E-state index in [1.165, 1.54) is 10.7 Å². The highest BCUT2D eigenvalue weighted by Crippen LogP contribution is 2.26. The summed E-state index contributed by atoms with van der Waals surface area (Å²) in [5, 5.41) is 20.2. The van der Waals surface area contributed by atoms with Crippen LogP contribution in [0, 0.1) is 24.0 Å². The Balaban J connectivity index is 1.44. The van der Waals surface area contributed by atoms with Gasteiger partial charge in [0.2, 0.25) is 0 Å². The van der Waals surface area contributed by atoms with Crippen molar-refractivity contribution in [3.05, 3.63) is 72.7 Å². The molecule has 12 heteroatoms. The van der Waals surface area contributed by atoms with Gasteiger partial charge in [-0.05, 0) is 30.9 Å². The molecule has 1 aromatic carbocycles. The number of amides is 1. The van der Waals surface area contributed by atoms with Crippen LogP contribution < -0.4 is 0 Å². The predicted octanol–water partition coefficient (Wildman–Crippen LogP) is 3.71. The number of hydrogen-bond donors (Lipinski definition) is 0.